The van der Waals surface area contributed by atoms with Crippen molar-refractivity contribution in [2.24, 2.45) is 5.73 Å². The van der Waals surface area contributed by atoms with Gasteiger partial charge in [-0.15, -0.1) is 0 Å². The Morgan fingerprint density at radius 3 is 2.27 bits per heavy atom. The monoisotopic (exact) mass is 167 g/mol. The predicted molar refractivity (Wildman–Crippen MR) is 39.7 cm³/mol. The van der Waals surface area contributed by atoms with E-state index in [2.05, 4.69) is 0 Å². The zero-order chi connectivity index (χ0) is 8.85. The Bertz CT molecular complexity index is 98.4. The van der Waals surface area contributed by atoms with Gasteiger partial charge in [0.15, 0.2) is 0 Å². The average Bonchev–Trinajstić information content (AvgIpc) is 1.82. The Labute approximate surface area is 65.7 Å². The lowest BCUT2D eigenvalue weighted by molar-refractivity contribution is -0.0213. The van der Waals surface area contributed by atoms with Gasteiger partial charge >= 0.3 is 0 Å². The second-order valence-corrected chi connectivity index (χ2v) is 2.75. The summed E-state index contributed by atoms with van der Waals surface area (Å²) in [5.74, 6) is 0. The molecule has 0 saturated carbocycles. The van der Waals surface area contributed by atoms with Crippen LogP contribution in [0, 0.1) is 0 Å². The molecule has 0 aliphatic heterocycles. The third-order valence-corrected chi connectivity index (χ3v) is 1.21. The lowest BCUT2D eigenvalue weighted by atomic mass is 10.2. The summed E-state index contributed by atoms with van der Waals surface area (Å²) >= 11 is 0. The van der Waals surface area contributed by atoms with Crippen LogP contribution >= 0.6 is 0 Å². The van der Waals surface area contributed by atoms with Gasteiger partial charge in [-0.1, -0.05) is 0 Å². The quantitative estimate of drug-likeness (QED) is 0.671. The average molecular weight is 167 g/mol. The van der Waals surface area contributed by atoms with E-state index in [0.717, 1.165) is 0 Å². The van der Waals surface area contributed by atoms with E-state index in [1.165, 1.54) is 0 Å². The van der Waals surface area contributed by atoms with Crippen molar-refractivity contribution in [2.45, 2.75) is 38.8 Å². The number of hydrogen-bond donors (Lipinski definition) is 1. The first-order valence-corrected chi connectivity index (χ1v) is 3.67. The van der Waals surface area contributed by atoms with Crippen LogP contribution < -0.4 is 5.73 Å². The molecule has 0 radical (unpaired) electrons. The molecule has 0 spiro atoms. The standard InChI is InChI=1S/C7H15F2NO/c1-5(10)3-6(2)11-4-7(8)9/h5-7H,3-4,10H2,1-2H3. The zero-order valence-electron chi connectivity index (χ0n) is 6.89. The second kappa shape index (κ2) is 5.43. The summed E-state index contributed by atoms with van der Waals surface area (Å²) in [6.45, 7) is 3.07. The minimum absolute atomic E-state index is 0.00247. The summed E-state index contributed by atoms with van der Waals surface area (Å²) in [4.78, 5) is 0. The maximum Gasteiger partial charge on any atom is 0.261 e. The maximum atomic E-state index is 11.6. The Morgan fingerprint density at radius 1 is 1.36 bits per heavy atom. The Balaban J connectivity index is 3.29. The minimum atomic E-state index is -2.38. The Kier molecular flexibility index (Phi) is 5.32. The molecule has 2 nitrogen and oxygen atoms in total. The van der Waals surface area contributed by atoms with E-state index in [0.29, 0.717) is 6.42 Å². The van der Waals surface area contributed by atoms with Gasteiger partial charge in [0.25, 0.3) is 6.43 Å². The van der Waals surface area contributed by atoms with E-state index in [1.807, 2.05) is 6.92 Å². The van der Waals surface area contributed by atoms with E-state index in [1.54, 1.807) is 6.92 Å². The Morgan fingerprint density at radius 2 is 1.91 bits per heavy atom. The molecular weight excluding hydrogens is 152 g/mol. The highest BCUT2D eigenvalue weighted by molar-refractivity contribution is 4.59. The first-order valence-electron chi connectivity index (χ1n) is 3.67. The molecule has 0 saturated heterocycles. The highest BCUT2D eigenvalue weighted by atomic mass is 19.3. The van der Waals surface area contributed by atoms with Crippen molar-refractivity contribution in [1.29, 1.82) is 0 Å². The molecule has 11 heavy (non-hydrogen) atoms. The molecule has 4 heteroatoms. The van der Waals surface area contributed by atoms with Crippen LogP contribution in [0.5, 0.6) is 0 Å². The van der Waals surface area contributed by atoms with Crippen LogP contribution in [-0.4, -0.2) is 25.2 Å². The number of alkyl halides is 2. The zero-order valence-corrected chi connectivity index (χ0v) is 6.89. The van der Waals surface area contributed by atoms with Crippen LogP contribution in [0.25, 0.3) is 0 Å². The number of rotatable bonds is 5. The molecule has 2 atom stereocenters. The van der Waals surface area contributed by atoms with Gasteiger partial charge in [0.1, 0.15) is 6.61 Å². The third kappa shape index (κ3) is 7.68. The molecule has 0 heterocycles. The summed E-state index contributed by atoms with van der Waals surface area (Å²) in [6.07, 6.45) is -1.94. The van der Waals surface area contributed by atoms with E-state index >= 15 is 0 Å². The van der Waals surface area contributed by atoms with Crippen molar-refractivity contribution in [3.63, 3.8) is 0 Å². The fourth-order valence-electron chi connectivity index (χ4n) is 0.829. The lowest BCUT2D eigenvalue weighted by Crippen LogP contribution is -2.24. The molecule has 0 aromatic heterocycles. The molecule has 0 aliphatic carbocycles. The molecule has 2 N–H and O–H groups in total. The molecule has 0 aromatic rings. The van der Waals surface area contributed by atoms with Gasteiger partial charge < -0.3 is 10.5 Å². The normalized spacial score (nSPS) is 16.9. The van der Waals surface area contributed by atoms with Crippen molar-refractivity contribution in [3.8, 4) is 0 Å². The number of ether oxygens (including phenoxy) is 1. The van der Waals surface area contributed by atoms with Gasteiger partial charge in [0.05, 0.1) is 6.10 Å². The van der Waals surface area contributed by atoms with Crippen LogP contribution in [0.2, 0.25) is 0 Å². The van der Waals surface area contributed by atoms with Crippen molar-refractivity contribution in [1.82, 2.24) is 0 Å². The Hall–Kier alpha value is -0.220. The number of hydrogen-bond acceptors (Lipinski definition) is 2. The van der Waals surface area contributed by atoms with Crippen LogP contribution in [0.1, 0.15) is 20.3 Å². The summed E-state index contributed by atoms with van der Waals surface area (Å²) in [7, 11) is 0. The highest BCUT2D eigenvalue weighted by Crippen LogP contribution is 2.02. The van der Waals surface area contributed by atoms with E-state index in [-0.39, 0.29) is 12.1 Å². The number of halogens is 2. The van der Waals surface area contributed by atoms with Gasteiger partial charge in [-0.05, 0) is 20.3 Å². The van der Waals surface area contributed by atoms with Crippen LogP contribution in [0.15, 0.2) is 0 Å². The molecule has 0 aromatic carbocycles. The highest BCUT2D eigenvalue weighted by Gasteiger charge is 2.08. The summed E-state index contributed by atoms with van der Waals surface area (Å²) in [5, 5.41) is 0. The molecular formula is C7H15F2NO. The van der Waals surface area contributed by atoms with Crippen molar-refractivity contribution in [3.05, 3.63) is 0 Å². The van der Waals surface area contributed by atoms with Gasteiger partial charge in [-0.3, -0.25) is 0 Å². The summed E-state index contributed by atoms with van der Waals surface area (Å²) in [6, 6.07) is 0.00247. The smallest absolute Gasteiger partial charge is 0.261 e. The maximum absolute atomic E-state index is 11.6. The molecule has 0 rings (SSSR count). The minimum Gasteiger partial charge on any atom is -0.373 e. The SMILES string of the molecule is CC(N)CC(C)OCC(F)F. The van der Waals surface area contributed by atoms with Crippen LogP contribution in [0.3, 0.4) is 0 Å². The van der Waals surface area contributed by atoms with Crippen LogP contribution in [0.4, 0.5) is 8.78 Å². The topological polar surface area (TPSA) is 35.2 Å². The molecule has 0 amide bonds. The predicted octanol–water partition coefficient (Wildman–Crippen LogP) is 1.39. The molecule has 0 bridgehead atoms. The molecule has 2 unspecified atom stereocenters. The molecule has 68 valence electrons. The third-order valence-electron chi connectivity index (χ3n) is 1.21. The van der Waals surface area contributed by atoms with Gasteiger partial charge in [-0.2, -0.15) is 0 Å². The van der Waals surface area contributed by atoms with E-state index in [9.17, 15) is 8.78 Å². The molecule has 0 aliphatic rings. The van der Waals surface area contributed by atoms with Gasteiger partial charge in [-0.25, -0.2) is 8.78 Å². The van der Waals surface area contributed by atoms with Gasteiger partial charge in [0, 0.05) is 6.04 Å². The first-order chi connectivity index (χ1) is 5.02. The lowest BCUT2D eigenvalue weighted by Gasteiger charge is -2.14. The van der Waals surface area contributed by atoms with Gasteiger partial charge in [0.2, 0.25) is 0 Å². The largest absolute Gasteiger partial charge is 0.373 e. The summed E-state index contributed by atoms with van der Waals surface area (Å²) < 4.78 is 27.9. The first kappa shape index (κ1) is 10.8. The van der Waals surface area contributed by atoms with E-state index < -0.39 is 13.0 Å². The van der Waals surface area contributed by atoms with E-state index in [4.69, 9.17) is 10.5 Å². The fourth-order valence-corrected chi connectivity index (χ4v) is 0.829. The van der Waals surface area contributed by atoms with Crippen molar-refractivity contribution >= 4 is 0 Å². The van der Waals surface area contributed by atoms with Crippen LogP contribution in [-0.2, 0) is 4.74 Å². The number of nitrogens with two attached hydrogens (primary N) is 1. The second-order valence-electron chi connectivity index (χ2n) is 2.75. The van der Waals surface area contributed by atoms with Crippen molar-refractivity contribution in [2.75, 3.05) is 6.61 Å². The molecule has 0 fully saturated rings. The summed E-state index contributed by atoms with van der Waals surface area (Å²) in [5.41, 5.74) is 5.43. The van der Waals surface area contributed by atoms with Crippen molar-refractivity contribution < 1.29 is 13.5 Å². The fraction of sp³-hybridized carbons (Fsp3) is 1.00.